The van der Waals surface area contributed by atoms with Gasteiger partial charge in [0.05, 0.1) is 12.1 Å². The maximum absolute atomic E-state index is 9.48. The highest BCUT2D eigenvalue weighted by atomic mass is 35.5. The third-order valence-electron chi connectivity index (χ3n) is 1.72. The minimum atomic E-state index is -0.282. The van der Waals surface area contributed by atoms with E-state index in [1.165, 1.54) is 7.11 Å². The maximum Gasteiger partial charge on any atom is 0.183 e. The van der Waals surface area contributed by atoms with Gasteiger partial charge in [-0.3, -0.25) is 0 Å². The average Bonchev–Trinajstić information content (AvgIpc) is 2.13. The van der Waals surface area contributed by atoms with E-state index in [1.807, 2.05) is 0 Å². The molecule has 1 aromatic rings. The minimum Gasteiger partial charge on any atom is -0.505 e. The van der Waals surface area contributed by atoms with Crippen LogP contribution in [0.2, 0.25) is 10.0 Å². The normalized spacial score (nSPS) is 10.2. The van der Waals surface area contributed by atoms with E-state index in [9.17, 15) is 10.2 Å². The number of phenols is 2. The second-order valence-electron chi connectivity index (χ2n) is 2.48. The van der Waals surface area contributed by atoms with Gasteiger partial charge >= 0.3 is 0 Å². The summed E-state index contributed by atoms with van der Waals surface area (Å²) in [6.07, 6.45) is 0. The summed E-state index contributed by atoms with van der Waals surface area (Å²) in [6.45, 7) is 1.55. The SMILES string of the molecule is COc1c(O)c(C)c(Cl)c(O)c1Cl. The van der Waals surface area contributed by atoms with Gasteiger partial charge in [-0.05, 0) is 6.92 Å². The molecule has 72 valence electrons. The summed E-state index contributed by atoms with van der Waals surface area (Å²) in [4.78, 5) is 0. The van der Waals surface area contributed by atoms with E-state index in [1.54, 1.807) is 6.92 Å². The predicted octanol–water partition coefficient (Wildman–Crippen LogP) is 2.72. The molecule has 0 saturated carbocycles. The van der Waals surface area contributed by atoms with Gasteiger partial charge in [0.25, 0.3) is 0 Å². The third kappa shape index (κ3) is 1.49. The first-order valence-corrected chi connectivity index (χ1v) is 4.19. The smallest absolute Gasteiger partial charge is 0.183 e. The third-order valence-corrected chi connectivity index (χ3v) is 2.53. The molecule has 0 fully saturated rings. The molecule has 0 radical (unpaired) electrons. The van der Waals surface area contributed by atoms with Crippen LogP contribution in [0.25, 0.3) is 0 Å². The Morgan fingerprint density at radius 3 is 2.08 bits per heavy atom. The van der Waals surface area contributed by atoms with Crippen molar-refractivity contribution in [2.45, 2.75) is 6.92 Å². The summed E-state index contributed by atoms with van der Waals surface area (Å²) in [5, 5.41) is 18.8. The fourth-order valence-corrected chi connectivity index (χ4v) is 1.44. The molecule has 1 rings (SSSR count). The number of benzene rings is 1. The highest BCUT2D eigenvalue weighted by Gasteiger charge is 2.19. The molecule has 5 heteroatoms. The maximum atomic E-state index is 9.48. The molecular weight excluding hydrogens is 215 g/mol. The van der Waals surface area contributed by atoms with Crippen LogP contribution in [-0.2, 0) is 0 Å². The molecule has 0 amide bonds. The molecule has 3 nitrogen and oxygen atoms in total. The largest absolute Gasteiger partial charge is 0.505 e. The van der Waals surface area contributed by atoms with Gasteiger partial charge in [0.1, 0.15) is 5.02 Å². The van der Waals surface area contributed by atoms with Crippen molar-refractivity contribution in [2.24, 2.45) is 0 Å². The molecule has 0 saturated heterocycles. The van der Waals surface area contributed by atoms with Crippen molar-refractivity contribution in [1.82, 2.24) is 0 Å². The molecular formula is C8H8Cl2O3. The fourth-order valence-electron chi connectivity index (χ4n) is 0.946. The van der Waals surface area contributed by atoms with Crippen LogP contribution in [0, 0.1) is 6.92 Å². The van der Waals surface area contributed by atoms with Gasteiger partial charge in [-0.2, -0.15) is 0 Å². The number of rotatable bonds is 1. The Balaban J connectivity index is 3.56. The first-order chi connectivity index (χ1) is 6.00. The van der Waals surface area contributed by atoms with Crippen LogP contribution in [0.15, 0.2) is 0 Å². The zero-order chi connectivity index (χ0) is 10.2. The van der Waals surface area contributed by atoms with Crippen LogP contribution in [-0.4, -0.2) is 17.3 Å². The number of methoxy groups -OCH3 is 1. The van der Waals surface area contributed by atoms with E-state index in [-0.39, 0.29) is 27.3 Å². The number of hydrogen-bond acceptors (Lipinski definition) is 3. The van der Waals surface area contributed by atoms with Crippen LogP contribution in [0.3, 0.4) is 0 Å². The summed E-state index contributed by atoms with van der Waals surface area (Å²) < 4.78 is 4.79. The quantitative estimate of drug-likeness (QED) is 0.719. The van der Waals surface area contributed by atoms with Crippen molar-refractivity contribution >= 4 is 23.2 Å². The van der Waals surface area contributed by atoms with Crippen molar-refractivity contribution in [3.8, 4) is 17.2 Å². The number of phenolic OH excluding ortho intramolecular Hbond substituents is 2. The fraction of sp³-hybridized carbons (Fsp3) is 0.250. The lowest BCUT2D eigenvalue weighted by molar-refractivity contribution is 0.367. The second kappa shape index (κ2) is 3.52. The molecule has 0 aliphatic carbocycles. The second-order valence-corrected chi connectivity index (χ2v) is 3.24. The molecule has 0 aromatic heterocycles. The highest BCUT2D eigenvalue weighted by molar-refractivity contribution is 6.38. The Hall–Kier alpha value is -0.800. The van der Waals surface area contributed by atoms with Crippen molar-refractivity contribution in [1.29, 1.82) is 0 Å². The lowest BCUT2D eigenvalue weighted by Crippen LogP contribution is -1.89. The topological polar surface area (TPSA) is 49.7 Å². The molecule has 2 N–H and O–H groups in total. The van der Waals surface area contributed by atoms with Gasteiger partial charge in [-0.25, -0.2) is 0 Å². The number of ether oxygens (including phenoxy) is 1. The van der Waals surface area contributed by atoms with Gasteiger partial charge in [-0.15, -0.1) is 0 Å². The summed E-state index contributed by atoms with van der Waals surface area (Å²) in [5.41, 5.74) is 0.334. The van der Waals surface area contributed by atoms with E-state index in [0.29, 0.717) is 5.56 Å². The molecule has 13 heavy (non-hydrogen) atoms. The van der Waals surface area contributed by atoms with E-state index >= 15 is 0 Å². The Labute approximate surface area is 85.5 Å². The van der Waals surface area contributed by atoms with Crippen molar-refractivity contribution in [3.63, 3.8) is 0 Å². The van der Waals surface area contributed by atoms with Crippen molar-refractivity contribution < 1.29 is 14.9 Å². The summed E-state index contributed by atoms with van der Waals surface area (Å²) >= 11 is 11.3. The first kappa shape index (κ1) is 10.3. The lowest BCUT2D eigenvalue weighted by Gasteiger charge is -2.11. The lowest BCUT2D eigenvalue weighted by atomic mass is 10.2. The Morgan fingerprint density at radius 1 is 1.08 bits per heavy atom. The standard InChI is InChI=1S/C8H8Cl2O3/c1-3-4(9)7(12)5(10)8(13-2)6(3)11/h11-12H,1-2H3. The highest BCUT2D eigenvalue weighted by Crippen LogP contribution is 2.47. The van der Waals surface area contributed by atoms with Gasteiger partial charge in [-0.1, -0.05) is 23.2 Å². The average molecular weight is 223 g/mol. The minimum absolute atomic E-state index is 0.0288. The summed E-state index contributed by atoms with van der Waals surface area (Å²) in [5.74, 6) is -0.410. The van der Waals surface area contributed by atoms with Gasteiger partial charge in [0.15, 0.2) is 17.2 Å². The molecule has 0 spiro atoms. The van der Waals surface area contributed by atoms with E-state index in [4.69, 9.17) is 27.9 Å². The Kier molecular flexibility index (Phi) is 2.78. The Morgan fingerprint density at radius 2 is 1.62 bits per heavy atom. The van der Waals surface area contributed by atoms with E-state index in [0.717, 1.165) is 0 Å². The van der Waals surface area contributed by atoms with Gasteiger partial charge in [0, 0.05) is 5.56 Å². The van der Waals surface area contributed by atoms with Gasteiger partial charge in [0.2, 0.25) is 0 Å². The first-order valence-electron chi connectivity index (χ1n) is 3.44. The van der Waals surface area contributed by atoms with Crippen LogP contribution >= 0.6 is 23.2 Å². The van der Waals surface area contributed by atoms with Crippen LogP contribution in [0.1, 0.15) is 5.56 Å². The molecule has 0 unspecified atom stereocenters. The molecule has 0 heterocycles. The van der Waals surface area contributed by atoms with Gasteiger partial charge < -0.3 is 14.9 Å². The van der Waals surface area contributed by atoms with Crippen LogP contribution in [0.5, 0.6) is 17.2 Å². The zero-order valence-electron chi connectivity index (χ0n) is 7.06. The number of aromatic hydroxyl groups is 2. The van der Waals surface area contributed by atoms with E-state index < -0.39 is 0 Å². The predicted molar refractivity (Wildman–Crippen MR) is 51.1 cm³/mol. The Bertz CT molecular complexity index is 321. The number of halogens is 2. The van der Waals surface area contributed by atoms with Crippen molar-refractivity contribution in [2.75, 3.05) is 7.11 Å². The summed E-state index contributed by atoms with van der Waals surface area (Å²) in [6, 6.07) is 0. The molecule has 0 atom stereocenters. The monoisotopic (exact) mass is 222 g/mol. The van der Waals surface area contributed by atoms with Crippen LogP contribution in [0.4, 0.5) is 0 Å². The van der Waals surface area contributed by atoms with Crippen LogP contribution < -0.4 is 4.74 Å². The van der Waals surface area contributed by atoms with E-state index in [2.05, 4.69) is 0 Å². The number of hydrogen-bond donors (Lipinski definition) is 2. The molecule has 0 aliphatic heterocycles. The summed E-state index contributed by atoms with van der Waals surface area (Å²) in [7, 11) is 1.34. The zero-order valence-corrected chi connectivity index (χ0v) is 8.57. The molecule has 0 aliphatic rings. The van der Waals surface area contributed by atoms with Crippen molar-refractivity contribution in [3.05, 3.63) is 15.6 Å². The molecule has 0 bridgehead atoms. The molecule has 1 aromatic carbocycles.